The van der Waals surface area contributed by atoms with Gasteiger partial charge in [0, 0.05) is 44.4 Å². The van der Waals surface area contributed by atoms with Crippen LogP contribution in [-0.2, 0) is 20.9 Å². The second kappa shape index (κ2) is 8.44. The van der Waals surface area contributed by atoms with Gasteiger partial charge in [-0.15, -0.1) is 0 Å². The number of carbonyl (C=O) groups excluding carboxylic acids is 2. The average Bonchev–Trinajstić information content (AvgIpc) is 3.18. The minimum atomic E-state index is -1.07. The van der Waals surface area contributed by atoms with Gasteiger partial charge < -0.3 is 19.3 Å². The largest absolute Gasteiger partial charge is 0.497 e. The van der Waals surface area contributed by atoms with Crippen LogP contribution in [0.15, 0.2) is 48.8 Å². The molecule has 2 aromatic rings. The zero-order valence-corrected chi connectivity index (χ0v) is 17.4. The second-order valence-corrected chi connectivity index (χ2v) is 7.78. The third-order valence-corrected chi connectivity index (χ3v) is 6.04. The number of nitrogens with zero attached hydrogens (tertiary/aromatic N) is 3. The Morgan fingerprint density at radius 1 is 1.30 bits per heavy atom. The van der Waals surface area contributed by atoms with E-state index < -0.39 is 5.60 Å². The monoisotopic (exact) mass is 409 g/mol. The van der Waals surface area contributed by atoms with Crippen LogP contribution in [0.3, 0.4) is 0 Å². The van der Waals surface area contributed by atoms with Gasteiger partial charge in [-0.25, -0.2) is 0 Å². The van der Waals surface area contributed by atoms with Crippen molar-refractivity contribution in [3.63, 3.8) is 0 Å². The lowest BCUT2D eigenvalue weighted by atomic mass is 9.83. The van der Waals surface area contributed by atoms with Crippen molar-refractivity contribution in [2.75, 3.05) is 33.4 Å². The SMILES string of the molecule is CCC(=O)N1C[C@H](c2cccnc2)[C@]2(C1)OCCN(Cc1ccc(OC)cc1)C2=O. The van der Waals surface area contributed by atoms with Crippen molar-refractivity contribution in [3.05, 3.63) is 59.9 Å². The summed E-state index contributed by atoms with van der Waals surface area (Å²) in [5.41, 5.74) is 0.876. The molecule has 0 radical (unpaired) electrons. The average molecular weight is 409 g/mol. The summed E-state index contributed by atoms with van der Waals surface area (Å²) in [4.78, 5) is 34.0. The Kier molecular flexibility index (Phi) is 5.72. The summed E-state index contributed by atoms with van der Waals surface area (Å²) in [6.07, 6.45) is 3.88. The molecule has 7 nitrogen and oxygen atoms in total. The van der Waals surface area contributed by atoms with Crippen molar-refractivity contribution in [2.45, 2.75) is 31.4 Å². The van der Waals surface area contributed by atoms with Crippen LogP contribution in [0.25, 0.3) is 0 Å². The zero-order chi connectivity index (χ0) is 21.1. The highest BCUT2D eigenvalue weighted by molar-refractivity contribution is 5.90. The molecule has 1 aromatic heterocycles. The molecule has 2 fully saturated rings. The summed E-state index contributed by atoms with van der Waals surface area (Å²) >= 11 is 0. The van der Waals surface area contributed by atoms with Crippen molar-refractivity contribution in [1.82, 2.24) is 14.8 Å². The van der Waals surface area contributed by atoms with E-state index in [-0.39, 0.29) is 24.3 Å². The van der Waals surface area contributed by atoms with Crippen LogP contribution in [0.4, 0.5) is 0 Å². The number of pyridine rings is 1. The normalized spacial score (nSPS) is 23.8. The molecule has 0 unspecified atom stereocenters. The molecule has 2 aliphatic rings. The van der Waals surface area contributed by atoms with Crippen LogP contribution in [-0.4, -0.2) is 65.6 Å². The maximum Gasteiger partial charge on any atom is 0.257 e. The highest BCUT2D eigenvalue weighted by Gasteiger charge is 2.57. The van der Waals surface area contributed by atoms with E-state index in [0.29, 0.717) is 32.7 Å². The van der Waals surface area contributed by atoms with Crippen molar-refractivity contribution in [2.24, 2.45) is 0 Å². The van der Waals surface area contributed by atoms with E-state index in [2.05, 4.69) is 4.98 Å². The lowest BCUT2D eigenvalue weighted by Crippen LogP contribution is -2.60. The number of morpholine rings is 1. The molecule has 2 atom stereocenters. The van der Waals surface area contributed by atoms with Crippen LogP contribution < -0.4 is 4.74 Å². The van der Waals surface area contributed by atoms with Gasteiger partial charge in [0.2, 0.25) is 5.91 Å². The third kappa shape index (κ3) is 3.65. The van der Waals surface area contributed by atoms with Gasteiger partial charge in [-0.1, -0.05) is 25.1 Å². The fourth-order valence-electron chi connectivity index (χ4n) is 4.43. The van der Waals surface area contributed by atoms with Crippen LogP contribution in [0.1, 0.15) is 30.4 Å². The second-order valence-electron chi connectivity index (χ2n) is 7.78. The predicted octanol–water partition coefficient (Wildman–Crippen LogP) is 2.22. The molecule has 1 aromatic carbocycles. The van der Waals surface area contributed by atoms with Gasteiger partial charge in [-0.2, -0.15) is 0 Å². The maximum absolute atomic E-state index is 13.7. The number of aromatic nitrogens is 1. The Bertz CT molecular complexity index is 902. The van der Waals surface area contributed by atoms with Crippen LogP contribution >= 0.6 is 0 Å². The molecule has 30 heavy (non-hydrogen) atoms. The predicted molar refractivity (Wildman–Crippen MR) is 111 cm³/mol. The number of rotatable bonds is 5. The van der Waals surface area contributed by atoms with E-state index in [9.17, 15) is 9.59 Å². The number of ether oxygens (including phenoxy) is 2. The lowest BCUT2D eigenvalue weighted by Gasteiger charge is -2.42. The van der Waals surface area contributed by atoms with Crippen LogP contribution in [0.5, 0.6) is 5.75 Å². The quantitative estimate of drug-likeness (QED) is 0.757. The fraction of sp³-hybridized carbons (Fsp3) is 0.435. The molecule has 1 spiro atoms. The minimum absolute atomic E-state index is 0.0319. The molecule has 2 saturated heterocycles. The molecule has 7 heteroatoms. The molecule has 0 bridgehead atoms. The third-order valence-electron chi connectivity index (χ3n) is 6.04. The number of methoxy groups -OCH3 is 1. The smallest absolute Gasteiger partial charge is 0.257 e. The van der Waals surface area contributed by atoms with Gasteiger partial charge in [0.15, 0.2) is 5.60 Å². The van der Waals surface area contributed by atoms with Gasteiger partial charge in [0.1, 0.15) is 5.75 Å². The van der Waals surface area contributed by atoms with Crippen LogP contribution in [0, 0.1) is 0 Å². The summed E-state index contributed by atoms with van der Waals surface area (Å²) in [7, 11) is 1.63. The molecule has 2 amide bonds. The Balaban J connectivity index is 1.63. The molecular weight excluding hydrogens is 382 g/mol. The number of hydrogen-bond acceptors (Lipinski definition) is 5. The van der Waals surface area contributed by atoms with Crippen molar-refractivity contribution >= 4 is 11.8 Å². The Labute approximate surface area is 176 Å². The highest BCUT2D eigenvalue weighted by atomic mass is 16.5. The summed E-state index contributed by atoms with van der Waals surface area (Å²) in [5.74, 6) is 0.506. The Morgan fingerprint density at radius 3 is 2.77 bits per heavy atom. The van der Waals surface area contributed by atoms with E-state index in [1.54, 1.807) is 24.4 Å². The van der Waals surface area contributed by atoms with Gasteiger partial charge in [-0.3, -0.25) is 14.6 Å². The zero-order valence-electron chi connectivity index (χ0n) is 17.4. The van der Waals surface area contributed by atoms with E-state index in [4.69, 9.17) is 9.47 Å². The van der Waals surface area contributed by atoms with E-state index in [1.165, 1.54) is 0 Å². The number of hydrogen-bond donors (Lipinski definition) is 0. The summed E-state index contributed by atoms with van der Waals surface area (Å²) in [5, 5.41) is 0. The van der Waals surface area contributed by atoms with Crippen LogP contribution in [0.2, 0.25) is 0 Å². The van der Waals surface area contributed by atoms with Crippen molar-refractivity contribution in [3.8, 4) is 5.75 Å². The van der Waals surface area contributed by atoms with Gasteiger partial charge in [0.25, 0.3) is 5.91 Å². The standard InChI is InChI=1S/C23H27N3O4/c1-3-21(27)26-15-20(18-5-4-10-24-13-18)23(16-26)22(28)25(11-12-30-23)14-17-6-8-19(29-2)9-7-17/h4-10,13,20H,3,11-12,14-16H2,1-2H3/t20-,23+/m1/s1. The summed E-state index contributed by atoms with van der Waals surface area (Å²) < 4.78 is 11.4. The first-order chi connectivity index (χ1) is 14.6. The molecule has 0 aliphatic carbocycles. The molecule has 3 heterocycles. The van der Waals surface area contributed by atoms with E-state index in [1.807, 2.05) is 48.2 Å². The summed E-state index contributed by atoms with van der Waals surface area (Å²) in [6, 6.07) is 11.5. The molecule has 4 rings (SSSR count). The summed E-state index contributed by atoms with van der Waals surface area (Å²) in [6.45, 7) is 4.03. The first-order valence-electron chi connectivity index (χ1n) is 10.3. The Hall–Kier alpha value is -2.93. The van der Waals surface area contributed by atoms with Crippen molar-refractivity contribution < 1.29 is 19.1 Å². The Morgan fingerprint density at radius 2 is 2.10 bits per heavy atom. The van der Waals surface area contributed by atoms with Gasteiger partial charge >= 0.3 is 0 Å². The topological polar surface area (TPSA) is 72.0 Å². The molecular formula is C23H27N3O4. The number of carbonyl (C=O) groups is 2. The molecule has 158 valence electrons. The first-order valence-corrected chi connectivity index (χ1v) is 10.3. The first kappa shape index (κ1) is 20.3. The lowest BCUT2D eigenvalue weighted by molar-refractivity contribution is -0.173. The fourth-order valence-corrected chi connectivity index (χ4v) is 4.43. The number of likely N-dealkylation sites (tertiary alicyclic amines) is 1. The minimum Gasteiger partial charge on any atom is -0.497 e. The van der Waals surface area contributed by atoms with Gasteiger partial charge in [0.05, 0.1) is 20.3 Å². The van der Waals surface area contributed by atoms with Gasteiger partial charge in [-0.05, 0) is 29.3 Å². The number of amides is 2. The van der Waals surface area contributed by atoms with E-state index >= 15 is 0 Å². The van der Waals surface area contributed by atoms with E-state index in [0.717, 1.165) is 16.9 Å². The molecule has 0 saturated carbocycles. The molecule has 2 aliphatic heterocycles. The number of benzene rings is 1. The maximum atomic E-state index is 13.7. The van der Waals surface area contributed by atoms with Crippen molar-refractivity contribution in [1.29, 1.82) is 0 Å². The highest BCUT2D eigenvalue weighted by Crippen LogP contribution is 2.42. The molecule has 0 N–H and O–H groups in total.